The maximum atomic E-state index is 11.8. The van der Waals surface area contributed by atoms with Crippen LogP contribution in [0.4, 0.5) is 9.93 Å². The van der Waals surface area contributed by atoms with Crippen molar-refractivity contribution < 1.29 is 4.79 Å². The summed E-state index contributed by atoms with van der Waals surface area (Å²) in [6, 6.07) is 4.09. The lowest BCUT2D eigenvalue weighted by molar-refractivity contribution is 0.190. The molecule has 0 unspecified atom stereocenters. The molecule has 0 atom stereocenters. The number of hydrogen-bond donors (Lipinski definition) is 2. The number of anilines is 1. The number of nitrogens with zero attached hydrogens (tertiary/aromatic N) is 4. The van der Waals surface area contributed by atoms with Crippen LogP contribution in [0.3, 0.4) is 0 Å². The van der Waals surface area contributed by atoms with Crippen LogP contribution in [-0.2, 0) is 6.54 Å². The summed E-state index contributed by atoms with van der Waals surface area (Å²) in [5.41, 5.74) is 2.86. The van der Waals surface area contributed by atoms with Crippen molar-refractivity contribution in [3.05, 3.63) is 35.6 Å². The van der Waals surface area contributed by atoms with Crippen LogP contribution in [0.25, 0.3) is 0 Å². The molecule has 2 amide bonds. The number of rotatable bonds is 4. The van der Waals surface area contributed by atoms with E-state index in [1.165, 1.54) is 16.9 Å². The fourth-order valence-electron chi connectivity index (χ4n) is 2.53. The SMILES string of the molecule is O=C(Nc1nncs1)NC1CCN(Cc2ccncc2)CC1. The van der Waals surface area contributed by atoms with Gasteiger partial charge < -0.3 is 5.32 Å². The molecule has 8 heteroatoms. The second kappa shape index (κ2) is 7.28. The number of amides is 2. The third kappa shape index (κ3) is 4.22. The summed E-state index contributed by atoms with van der Waals surface area (Å²) in [6.07, 6.45) is 5.55. The van der Waals surface area contributed by atoms with Gasteiger partial charge in [-0.1, -0.05) is 11.3 Å². The third-order valence-corrected chi connectivity index (χ3v) is 4.27. The monoisotopic (exact) mass is 318 g/mol. The molecule has 1 aliphatic heterocycles. The first kappa shape index (κ1) is 14.9. The molecule has 22 heavy (non-hydrogen) atoms. The molecule has 3 heterocycles. The van der Waals surface area contributed by atoms with E-state index in [1.807, 2.05) is 24.5 Å². The average molecular weight is 318 g/mol. The molecule has 0 spiro atoms. The summed E-state index contributed by atoms with van der Waals surface area (Å²) in [5.74, 6) is 0. The van der Waals surface area contributed by atoms with Crippen LogP contribution in [0, 0.1) is 0 Å². The van der Waals surface area contributed by atoms with Crippen molar-refractivity contribution in [3.63, 3.8) is 0 Å². The zero-order valence-corrected chi connectivity index (χ0v) is 12.9. The fraction of sp³-hybridized carbons (Fsp3) is 0.429. The van der Waals surface area contributed by atoms with E-state index < -0.39 is 0 Å². The molecule has 0 aliphatic carbocycles. The van der Waals surface area contributed by atoms with Crippen LogP contribution in [0.2, 0.25) is 0 Å². The second-order valence-corrected chi connectivity index (χ2v) is 6.08. The van der Waals surface area contributed by atoms with Crippen LogP contribution in [0.1, 0.15) is 18.4 Å². The third-order valence-electron chi connectivity index (χ3n) is 3.66. The Morgan fingerprint density at radius 3 is 2.77 bits per heavy atom. The minimum atomic E-state index is -0.204. The Kier molecular flexibility index (Phi) is 4.92. The van der Waals surface area contributed by atoms with Gasteiger partial charge in [-0.05, 0) is 30.5 Å². The largest absolute Gasteiger partial charge is 0.335 e. The number of pyridine rings is 1. The standard InChI is InChI=1S/C14H18N6OS/c21-13(18-14-19-16-10-22-14)17-12-3-7-20(8-4-12)9-11-1-5-15-6-2-11/h1-2,5-6,10,12H,3-4,7-9H2,(H2,17,18,19,21). The van der Waals surface area contributed by atoms with E-state index in [0.717, 1.165) is 32.5 Å². The van der Waals surface area contributed by atoms with E-state index in [0.29, 0.717) is 5.13 Å². The van der Waals surface area contributed by atoms with E-state index >= 15 is 0 Å². The molecule has 7 nitrogen and oxygen atoms in total. The summed E-state index contributed by atoms with van der Waals surface area (Å²) in [4.78, 5) is 18.3. The molecule has 1 fully saturated rings. The number of carbonyl (C=O) groups is 1. The maximum absolute atomic E-state index is 11.8. The molecule has 1 aliphatic rings. The molecular weight excluding hydrogens is 300 g/mol. The van der Waals surface area contributed by atoms with Crippen LogP contribution in [-0.4, -0.2) is 45.2 Å². The Balaban J connectivity index is 1.41. The van der Waals surface area contributed by atoms with Crippen molar-refractivity contribution >= 4 is 22.5 Å². The minimum absolute atomic E-state index is 0.204. The Labute approximate surface area is 132 Å². The fourth-order valence-corrected chi connectivity index (χ4v) is 2.97. The van der Waals surface area contributed by atoms with Crippen molar-refractivity contribution in [1.82, 2.24) is 25.4 Å². The van der Waals surface area contributed by atoms with E-state index in [-0.39, 0.29) is 12.1 Å². The number of carbonyl (C=O) groups excluding carboxylic acids is 1. The van der Waals surface area contributed by atoms with Gasteiger partial charge in [0.2, 0.25) is 5.13 Å². The molecule has 1 saturated heterocycles. The topological polar surface area (TPSA) is 83.0 Å². The van der Waals surface area contributed by atoms with Gasteiger partial charge in [-0.15, -0.1) is 10.2 Å². The molecule has 2 aromatic heterocycles. The molecule has 0 saturated carbocycles. The molecule has 0 radical (unpaired) electrons. The van der Waals surface area contributed by atoms with Crippen molar-refractivity contribution in [2.45, 2.75) is 25.4 Å². The van der Waals surface area contributed by atoms with Gasteiger partial charge in [0.1, 0.15) is 5.51 Å². The van der Waals surface area contributed by atoms with E-state index in [2.05, 4.69) is 30.7 Å². The summed E-state index contributed by atoms with van der Waals surface area (Å²) in [7, 11) is 0. The first-order valence-corrected chi connectivity index (χ1v) is 8.12. The lowest BCUT2D eigenvalue weighted by Gasteiger charge is -2.32. The molecule has 116 valence electrons. The average Bonchev–Trinajstić information content (AvgIpc) is 3.03. The van der Waals surface area contributed by atoms with Crippen LogP contribution in [0.5, 0.6) is 0 Å². The van der Waals surface area contributed by atoms with Gasteiger partial charge in [0.05, 0.1) is 0 Å². The van der Waals surface area contributed by atoms with Gasteiger partial charge in [-0.25, -0.2) is 4.79 Å². The Bertz CT molecular complexity index is 583. The highest BCUT2D eigenvalue weighted by Gasteiger charge is 2.20. The molecule has 2 N–H and O–H groups in total. The van der Waals surface area contributed by atoms with Gasteiger partial charge in [0.25, 0.3) is 0 Å². The molecule has 2 aromatic rings. The number of aromatic nitrogens is 3. The summed E-state index contributed by atoms with van der Waals surface area (Å²) in [6.45, 7) is 2.89. The minimum Gasteiger partial charge on any atom is -0.335 e. The van der Waals surface area contributed by atoms with E-state index in [4.69, 9.17) is 0 Å². The first-order chi connectivity index (χ1) is 10.8. The number of urea groups is 1. The Morgan fingerprint density at radius 1 is 1.32 bits per heavy atom. The molecule has 0 bridgehead atoms. The van der Waals surface area contributed by atoms with Crippen molar-refractivity contribution in [2.24, 2.45) is 0 Å². The predicted octanol–water partition coefficient (Wildman–Crippen LogP) is 1.72. The smallest absolute Gasteiger partial charge is 0.321 e. The van der Waals surface area contributed by atoms with Crippen molar-refractivity contribution in [1.29, 1.82) is 0 Å². The van der Waals surface area contributed by atoms with Crippen molar-refractivity contribution in [2.75, 3.05) is 18.4 Å². The highest BCUT2D eigenvalue weighted by Crippen LogP contribution is 2.14. The molecule has 0 aromatic carbocycles. The van der Waals surface area contributed by atoms with Gasteiger partial charge in [-0.2, -0.15) is 0 Å². The van der Waals surface area contributed by atoms with E-state index in [1.54, 1.807) is 5.51 Å². The maximum Gasteiger partial charge on any atom is 0.321 e. The lowest BCUT2D eigenvalue weighted by Crippen LogP contribution is -2.45. The quantitative estimate of drug-likeness (QED) is 0.897. The van der Waals surface area contributed by atoms with Crippen LogP contribution >= 0.6 is 11.3 Å². The zero-order valence-electron chi connectivity index (χ0n) is 12.1. The summed E-state index contributed by atoms with van der Waals surface area (Å²) in [5, 5.41) is 13.7. The predicted molar refractivity (Wildman–Crippen MR) is 84.6 cm³/mol. The Morgan fingerprint density at radius 2 is 2.09 bits per heavy atom. The normalized spacial score (nSPS) is 16.4. The summed E-state index contributed by atoms with van der Waals surface area (Å²) >= 11 is 1.31. The van der Waals surface area contributed by atoms with Gasteiger partial charge in [0.15, 0.2) is 0 Å². The lowest BCUT2D eigenvalue weighted by atomic mass is 10.0. The van der Waals surface area contributed by atoms with Gasteiger partial charge in [0, 0.05) is 38.1 Å². The van der Waals surface area contributed by atoms with Crippen LogP contribution in [0.15, 0.2) is 30.0 Å². The zero-order chi connectivity index (χ0) is 15.2. The molecular formula is C14H18N6OS. The number of likely N-dealkylation sites (tertiary alicyclic amines) is 1. The number of nitrogens with one attached hydrogen (secondary N) is 2. The first-order valence-electron chi connectivity index (χ1n) is 7.24. The van der Waals surface area contributed by atoms with E-state index in [9.17, 15) is 4.79 Å². The second-order valence-electron chi connectivity index (χ2n) is 5.25. The molecule has 3 rings (SSSR count). The van der Waals surface area contributed by atoms with Gasteiger partial charge >= 0.3 is 6.03 Å². The number of piperidine rings is 1. The van der Waals surface area contributed by atoms with Crippen LogP contribution < -0.4 is 10.6 Å². The number of hydrogen-bond acceptors (Lipinski definition) is 6. The summed E-state index contributed by atoms with van der Waals surface area (Å²) < 4.78 is 0. The highest BCUT2D eigenvalue weighted by atomic mass is 32.1. The van der Waals surface area contributed by atoms with Crippen molar-refractivity contribution in [3.8, 4) is 0 Å². The van der Waals surface area contributed by atoms with Gasteiger partial charge in [-0.3, -0.25) is 15.2 Å². The Hall–Kier alpha value is -2.06. The highest BCUT2D eigenvalue weighted by molar-refractivity contribution is 7.13.